The van der Waals surface area contributed by atoms with Gasteiger partial charge in [-0.05, 0) is 49.6 Å². The van der Waals surface area contributed by atoms with E-state index in [1.807, 2.05) is 0 Å². The zero-order valence-electron chi connectivity index (χ0n) is 7.76. The summed E-state index contributed by atoms with van der Waals surface area (Å²) in [6, 6.07) is 6.81. The van der Waals surface area contributed by atoms with E-state index in [0.717, 1.165) is 5.56 Å². The second-order valence-corrected chi connectivity index (χ2v) is 5.67. The monoisotopic (exact) mass is 352 g/mol. The van der Waals surface area contributed by atoms with Gasteiger partial charge in [0, 0.05) is 0 Å². The van der Waals surface area contributed by atoms with E-state index in [4.69, 9.17) is 11.6 Å². The number of carbonyl (C=O) groups excluding carboxylic acids is 1. The van der Waals surface area contributed by atoms with E-state index in [0.29, 0.717) is 14.0 Å². The summed E-state index contributed by atoms with van der Waals surface area (Å²) in [6.07, 6.45) is 0. The predicted molar refractivity (Wildman–Crippen MR) is 68.4 cm³/mol. The zero-order chi connectivity index (χ0) is 11.4. The van der Waals surface area contributed by atoms with Gasteiger partial charge in [-0.25, -0.2) is 4.79 Å². The summed E-state index contributed by atoms with van der Waals surface area (Å²) in [5.41, 5.74) is 1.31. The predicted octanol–water partition coefficient (Wildman–Crippen LogP) is 4.13. The van der Waals surface area contributed by atoms with Crippen LogP contribution in [0.3, 0.4) is 0 Å². The molecule has 1 aromatic carbocycles. The van der Waals surface area contributed by atoms with Crippen molar-refractivity contribution in [3.05, 3.63) is 38.8 Å². The average molecular weight is 354 g/mol. The van der Waals surface area contributed by atoms with Crippen molar-refractivity contribution >= 4 is 54.5 Å². The van der Waals surface area contributed by atoms with Gasteiger partial charge in [0.1, 0.15) is 0 Å². The fourth-order valence-electron chi connectivity index (χ4n) is 0.980. The number of benzene rings is 1. The van der Waals surface area contributed by atoms with Crippen LogP contribution in [0.5, 0.6) is 0 Å². The lowest BCUT2D eigenvalue weighted by Gasteiger charge is -2.02. The molecular weight excluding hydrogens is 347 g/mol. The van der Waals surface area contributed by atoms with Gasteiger partial charge in [-0.15, -0.1) is 0 Å². The second-order valence-electron chi connectivity index (χ2n) is 2.64. The summed E-state index contributed by atoms with van der Waals surface area (Å²) >= 11 is 12.4. The molecule has 0 aliphatic heterocycles. The van der Waals surface area contributed by atoms with Gasteiger partial charge in [0.2, 0.25) is 0 Å². The lowest BCUT2D eigenvalue weighted by molar-refractivity contribution is 0.0601. The summed E-state index contributed by atoms with van der Waals surface area (Å²) in [6.45, 7) is 0. The van der Waals surface area contributed by atoms with Crippen LogP contribution in [-0.2, 0) is 4.74 Å². The highest BCUT2D eigenvalue weighted by Gasteiger charge is 2.06. The molecule has 0 saturated carbocycles. The Morgan fingerprint density at radius 1 is 1.20 bits per heavy atom. The Morgan fingerprint density at radius 3 is 2.07 bits per heavy atom. The number of halogens is 3. The Balaban J connectivity index is 3.01. The van der Waals surface area contributed by atoms with E-state index >= 15 is 0 Å². The molecule has 15 heavy (non-hydrogen) atoms. The summed E-state index contributed by atoms with van der Waals surface area (Å²) < 4.78 is 5.25. The minimum Gasteiger partial charge on any atom is -0.465 e. The molecule has 0 amide bonds. The molecule has 0 N–H and O–H groups in total. The molecular formula is C10H7Br2ClO2. The molecule has 0 unspecified atom stereocenters. The maximum absolute atomic E-state index is 11.1. The van der Waals surface area contributed by atoms with E-state index in [1.54, 1.807) is 24.3 Å². The van der Waals surface area contributed by atoms with Crippen LogP contribution in [0.15, 0.2) is 27.7 Å². The number of rotatable bonds is 2. The van der Waals surface area contributed by atoms with Gasteiger partial charge < -0.3 is 4.74 Å². The van der Waals surface area contributed by atoms with E-state index < -0.39 is 0 Å². The van der Waals surface area contributed by atoms with Crippen LogP contribution < -0.4 is 0 Å². The molecule has 80 valence electrons. The lowest BCUT2D eigenvalue weighted by Crippen LogP contribution is -2.00. The smallest absolute Gasteiger partial charge is 0.337 e. The summed E-state index contributed by atoms with van der Waals surface area (Å²) in [5, 5.41) is 0.548. The molecule has 0 fully saturated rings. The molecule has 5 heteroatoms. The third-order valence-corrected chi connectivity index (χ3v) is 3.38. The Labute approximate surface area is 110 Å². The van der Waals surface area contributed by atoms with Crippen molar-refractivity contribution in [2.45, 2.75) is 0 Å². The van der Waals surface area contributed by atoms with Gasteiger partial charge in [-0.2, -0.15) is 0 Å². The van der Waals surface area contributed by atoms with Crippen molar-refractivity contribution in [3.63, 3.8) is 0 Å². The Morgan fingerprint density at radius 2 is 1.67 bits per heavy atom. The lowest BCUT2D eigenvalue weighted by atomic mass is 10.1. The Bertz CT molecular complexity index is 394. The molecule has 2 nitrogen and oxygen atoms in total. The third-order valence-electron chi connectivity index (χ3n) is 1.73. The van der Waals surface area contributed by atoms with Crippen LogP contribution in [0, 0.1) is 0 Å². The quantitative estimate of drug-likeness (QED) is 0.747. The SMILES string of the molecule is COC(=O)c1ccc(C(Cl)=C(Br)Br)cc1. The second kappa shape index (κ2) is 5.68. The first-order valence-corrected chi connectivity index (χ1v) is 5.92. The molecule has 0 spiro atoms. The molecule has 0 radical (unpaired) electrons. The van der Waals surface area contributed by atoms with Gasteiger partial charge in [0.15, 0.2) is 0 Å². The van der Waals surface area contributed by atoms with Gasteiger partial charge >= 0.3 is 5.97 Å². The van der Waals surface area contributed by atoms with Crippen LogP contribution in [0.25, 0.3) is 5.03 Å². The van der Waals surface area contributed by atoms with Crippen LogP contribution in [-0.4, -0.2) is 13.1 Å². The minimum atomic E-state index is -0.362. The normalized spacial score (nSPS) is 9.60. The van der Waals surface area contributed by atoms with Crippen molar-refractivity contribution in [2.24, 2.45) is 0 Å². The van der Waals surface area contributed by atoms with E-state index in [-0.39, 0.29) is 5.97 Å². The molecule has 0 bridgehead atoms. The van der Waals surface area contributed by atoms with Crippen molar-refractivity contribution in [3.8, 4) is 0 Å². The van der Waals surface area contributed by atoms with E-state index in [9.17, 15) is 4.79 Å². The van der Waals surface area contributed by atoms with Crippen molar-refractivity contribution in [1.82, 2.24) is 0 Å². The van der Waals surface area contributed by atoms with E-state index in [2.05, 4.69) is 36.6 Å². The topological polar surface area (TPSA) is 26.3 Å². The molecule has 0 aromatic heterocycles. The molecule has 0 aliphatic carbocycles. The van der Waals surface area contributed by atoms with Gasteiger partial charge in [-0.3, -0.25) is 0 Å². The fraction of sp³-hybridized carbons (Fsp3) is 0.100. The van der Waals surface area contributed by atoms with Crippen LogP contribution in [0.4, 0.5) is 0 Å². The summed E-state index contributed by atoms with van der Waals surface area (Å²) in [4.78, 5) is 11.1. The highest BCUT2D eigenvalue weighted by Crippen LogP contribution is 2.30. The molecule has 0 aliphatic rings. The zero-order valence-corrected chi connectivity index (χ0v) is 11.7. The molecule has 1 rings (SSSR count). The first-order chi connectivity index (χ1) is 7.06. The molecule has 0 saturated heterocycles. The Hall–Kier alpha value is -0.320. The maximum Gasteiger partial charge on any atom is 0.337 e. The summed E-state index contributed by atoms with van der Waals surface area (Å²) in [5.74, 6) is -0.362. The first-order valence-electron chi connectivity index (χ1n) is 3.95. The van der Waals surface area contributed by atoms with Gasteiger partial charge in [0.05, 0.1) is 21.1 Å². The number of ether oxygens (including phenoxy) is 1. The highest BCUT2D eigenvalue weighted by molar-refractivity contribution is 9.28. The largest absolute Gasteiger partial charge is 0.465 e. The minimum absolute atomic E-state index is 0.362. The maximum atomic E-state index is 11.1. The van der Waals surface area contributed by atoms with Crippen LogP contribution in [0.1, 0.15) is 15.9 Å². The fourth-order valence-corrected chi connectivity index (χ4v) is 1.56. The number of methoxy groups -OCH3 is 1. The molecule has 1 aromatic rings. The molecule has 0 heterocycles. The van der Waals surface area contributed by atoms with Gasteiger partial charge in [-0.1, -0.05) is 23.7 Å². The van der Waals surface area contributed by atoms with Gasteiger partial charge in [0.25, 0.3) is 0 Å². The number of hydrogen-bond donors (Lipinski definition) is 0. The summed E-state index contributed by atoms with van der Waals surface area (Å²) in [7, 11) is 1.35. The highest BCUT2D eigenvalue weighted by atomic mass is 79.9. The molecule has 0 atom stereocenters. The number of carbonyl (C=O) groups is 1. The van der Waals surface area contributed by atoms with E-state index in [1.165, 1.54) is 7.11 Å². The standard InChI is InChI=1S/C10H7Br2ClO2/c1-15-10(14)7-4-2-6(3-5-7)8(13)9(11)12/h2-5H,1H3. The van der Waals surface area contributed by atoms with Crippen molar-refractivity contribution in [1.29, 1.82) is 0 Å². The number of hydrogen-bond acceptors (Lipinski definition) is 2. The average Bonchev–Trinajstić information content (AvgIpc) is 2.27. The van der Waals surface area contributed by atoms with Crippen molar-refractivity contribution in [2.75, 3.05) is 7.11 Å². The number of esters is 1. The Kier molecular flexibility index (Phi) is 4.83. The first kappa shape index (κ1) is 12.7. The third kappa shape index (κ3) is 3.33. The van der Waals surface area contributed by atoms with Crippen molar-refractivity contribution < 1.29 is 9.53 Å². The van der Waals surface area contributed by atoms with Crippen LogP contribution >= 0.6 is 43.5 Å². The van der Waals surface area contributed by atoms with Crippen LogP contribution in [0.2, 0.25) is 0 Å².